The number of fused-ring (bicyclic) bond motifs is 1. The van der Waals surface area contributed by atoms with Gasteiger partial charge in [0.05, 0.1) is 10.9 Å². The summed E-state index contributed by atoms with van der Waals surface area (Å²) < 4.78 is 0. The van der Waals surface area contributed by atoms with Crippen LogP contribution in [0.5, 0.6) is 0 Å². The number of anilines is 1. The second-order valence-corrected chi connectivity index (χ2v) is 7.53. The Labute approximate surface area is 134 Å². The molecule has 3 atom stereocenters. The molecule has 4 nitrogen and oxygen atoms in total. The largest absolute Gasteiger partial charge is 0.310 e. The van der Waals surface area contributed by atoms with Gasteiger partial charge in [-0.05, 0) is 62.0 Å². The normalized spacial score (nSPS) is 36.2. The van der Waals surface area contributed by atoms with Crippen LogP contribution in [-0.4, -0.2) is 16.7 Å². The Morgan fingerprint density at radius 2 is 1.86 bits per heavy atom. The first-order chi connectivity index (χ1) is 10.6. The number of Topliss-reactive ketones (excluding diaryl/α,β-unsaturated/α-hetero) is 1. The number of halogens is 1. The van der Waals surface area contributed by atoms with Crippen LogP contribution in [0.4, 0.5) is 5.82 Å². The lowest BCUT2D eigenvalue weighted by molar-refractivity contribution is -0.134. The standard InChI is InChI=1S/C17H19ClN2O2/c18-13-1-2-14(19-8-13)20-17(22)15-11-4-9-3-10(5-11)7-12(6-9)16(15)21/h1-2,8-12,15H,3-7H2,(H,19,20,22). The predicted octanol–water partition coefficient (Wildman–Crippen LogP) is 3.31. The Balaban J connectivity index is 1.56. The number of aromatic nitrogens is 1. The van der Waals surface area contributed by atoms with Crippen molar-refractivity contribution in [1.82, 2.24) is 4.98 Å². The second-order valence-electron chi connectivity index (χ2n) is 7.10. The maximum Gasteiger partial charge on any atom is 0.236 e. The molecular weight excluding hydrogens is 300 g/mol. The van der Waals surface area contributed by atoms with Crippen molar-refractivity contribution in [2.24, 2.45) is 29.6 Å². The summed E-state index contributed by atoms with van der Waals surface area (Å²) in [7, 11) is 0. The Morgan fingerprint density at radius 1 is 1.14 bits per heavy atom. The van der Waals surface area contributed by atoms with Crippen LogP contribution < -0.4 is 5.32 Å². The molecule has 4 bridgehead atoms. The summed E-state index contributed by atoms with van der Waals surface area (Å²) in [5.74, 6) is 1.58. The van der Waals surface area contributed by atoms with Gasteiger partial charge in [0.25, 0.3) is 0 Å². The van der Waals surface area contributed by atoms with Crippen LogP contribution in [0.25, 0.3) is 0 Å². The summed E-state index contributed by atoms with van der Waals surface area (Å²) >= 11 is 5.81. The van der Waals surface area contributed by atoms with E-state index < -0.39 is 5.92 Å². The summed E-state index contributed by atoms with van der Waals surface area (Å²) in [5.41, 5.74) is 0. The van der Waals surface area contributed by atoms with Gasteiger partial charge in [0.2, 0.25) is 5.91 Å². The van der Waals surface area contributed by atoms with Gasteiger partial charge in [-0.3, -0.25) is 9.59 Å². The van der Waals surface area contributed by atoms with Gasteiger partial charge >= 0.3 is 0 Å². The van der Waals surface area contributed by atoms with Crippen LogP contribution in [0.2, 0.25) is 5.02 Å². The zero-order chi connectivity index (χ0) is 15.3. The zero-order valence-corrected chi connectivity index (χ0v) is 13.1. The van der Waals surface area contributed by atoms with Crippen molar-refractivity contribution in [2.45, 2.75) is 32.1 Å². The third-order valence-corrected chi connectivity index (χ3v) is 5.84. The first-order valence-corrected chi connectivity index (χ1v) is 8.44. The fourth-order valence-corrected chi connectivity index (χ4v) is 5.00. The van der Waals surface area contributed by atoms with E-state index in [-0.39, 0.29) is 23.5 Å². The Hall–Kier alpha value is -1.42. The smallest absolute Gasteiger partial charge is 0.236 e. The van der Waals surface area contributed by atoms with Gasteiger partial charge in [0.1, 0.15) is 11.6 Å². The minimum Gasteiger partial charge on any atom is -0.310 e. The quantitative estimate of drug-likeness (QED) is 0.851. The lowest BCUT2D eigenvalue weighted by Gasteiger charge is -2.38. The molecule has 4 aliphatic rings. The molecule has 0 radical (unpaired) electrons. The lowest BCUT2D eigenvalue weighted by Crippen LogP contribution is -2.36. The highest BCUT2D eigenvalue weighted by molar-refractivity contribution is 6.30. The van der Waals surface area contributed by atoms with Crippen molar-refractivity contribution in [3.63, 3.8) is 0 Å². The van der Waals surface area contributed by atoms with Crippen molar-refractivity contribution in [3.05, 3.63) is 23.4 Å². The topological polar surface area (TPSA) is 59.1 Å². The highest BCUT2D eigenvalue weighted by atomic mass is 35.5. The SMILES string of the molecule is O=C(Nc1ccc(Cl)cn1)C1C(=O)C2CC3CC(C2)CC1C3. The molecule has 1 heterocycles. The van der Waals surface area contributed by atoms with E-state index in [4.69, 9.17) is 11.6 Å². The number of ketones is 1. The lowest BCUT2D eigenvalue weighted by atomic mass is 9.67. The van der Waals surface area contributed by atoms with Crippen LogP contribution in [0.15, 0.2) is 18.3 Å². The summed E-state index contributed by atoms with van der Waals surface area (Å²) in [6, 6.07) is 3.36. The van der Waals surface area contributed by atoms with Gasteiger partial charge in [-0.25, -0.2) is 4.98 Å². The minimum atomic E-state index is -0.488. The first kappa shape index (κ1) is 14.2. The van der Waals surface area contributed by atoms with E-state index in [2.05, 4.69) is 10.3 Å². The number of pyridine rings is 1. The predicted molar refractivity (Wildman–Crippen MR) is 83.4 cm³/mol. The third-order valence-electron chi connectivity index (χ3n) is 5.62. The molecule has 4 saturated carbocycles. The number of rotatable bonds is 2. The van der Waals surface area contributed by atoms with E-state index in [1.54, 1.807) is 12.1 Å². The van der Waals surface area contributed by atoms with E-state index in [0.29, 0.717) is 22.7 Å². The summed E-state index contributed by atoms with van der Waals surface area (Å²) in [5, 5.41) is 3.34. The number of nitrogens with zero attached hydrogens (tertiary/aromatic N) is 1. The van der Waals surface area contributed by atoms with E-state index in [9.17, 15) is 9.59 Å². The molecule has 116 valence electrons. The average molecular weight is 319 g/mol. The molecule has 0 spiro atoms. The van der Waals surface area contributed by atoms with E-state index >= 15 is 0 Å². The van der Waals surface area contributed by atoms with Crippen molar-refractivity contribution in [1.29, 1.82) is 0 Å². The molecule has 5 rings (SSSR count). The molecule has 3 unspecified atom stereocenters. The number of carbonyl (C=O) groups excluding carboxylic acids is 2. The van der Waals surface area contributed by atoms with Gasteiger partial charge in [-0.15, -0.1) is 0 Å². The zero-order valence-electron chi connectivity index (χ0n) is 12.3. The number of hydrogen-bond acceptors (Lipinski definition) is 3. The molecule has 1 aromatic rings. The molecule has 0 aliphatic heterocycles. The van der Waals surface area contributed by atoms with Gasteiger partial charge in [0.15, 0.2) is 0 Å². The first-order valence-electron chi connectivity index (χ1n) is 8.06. The van der Waals surface area contributed by atoms with Crippen molar-refractivity contribution in [2.75, 3.05) is 5.32 Å². The minimum absolute atomic E-state index is 0.102. The molecule has 1 amide bonds. The van der Waals surface area contributed by atoms with Gasteiger partial charge in [0, 0.05) is 12.1 Å². The van der Waals surface area contributed by atoms with Crippen LogP contribution in [0.3, 0.4) is 0 Å². The molecule has 0 saturated heterocycles. The Kier molecular flexibility index (Phi) is 3.44. The van der Waals surface area contributed by atoms with Crippen LogP contribution >= 0.6 is 11.6 Å². The number of hydrogen-bond donors (Lipinski definition) is 1. The Bertz CT molecular complexity index is 602. The monoisotopic (exact) mass is 318 g/mol. The van der Waals surface area contributed by atoms with E-state index in [1.165, 1.54) is 12.6 Å². The molecule has 4 fully saturated rings. The number of carbonyl (C=O) groups is 2. The highest BCUT2D eigenvalue weighted by Crippen LogP contribution is 2.52. The van der Waals surface area contributed by atoms with Crippen molar-refractivity contribution >= 4 is 29.1 Å². The van der Waals surface area contributed by atoms with Gasteiger partial charge < -0.3 is 5.32 Å². The van der Waals surface area contributed by atoms with Crippen LogP contribution in [-0.2, 0) is 9.59 Å². The fraction of sp³-hybridized carbons (Fsp3) is 0.588. The van der Waals surface area contributed by atoms with Gasteiger partial charge in [-0.2, -0.15) is 0 Å². The summed E-state index contributed by atoms with van der Waals surface area (Å²) in [6.07, 6.45) is 6.81. The second kappa shape index (κ2) is 5.34. The molecule has 4 aliphatic carbocycles. The number of nitrogens with one attached hydrogen (secondary N) is 1. The maximum atomic E-state index is 12.8. The summed E-state index contributed by atoms with van der Waals surface area (Å²) in [4.78, 5) is 29.5. The molecular formula is C17H19ClN2O2. The highest BCUT2D eigenvalue weighted by Gasteiger charge is 2.50. The maximum absolute atomic E-state index is 12.8. The average Bonchev–Trinajstić information content (AvgIpc) is 2.63. The molecule has 0 aromatic carbocycles. The molecule has 5 heteroatoms. The Morgan fingerprint density at radius 3 is 2.50 bits per heavy atom. The third kappa shape index (κ3) is 2.43. The van der Waals surface area contributed by atoms with Crippen LogP contribution in [0, 0.1) is 29.6 Å². The molecule has 1 N–H and O–H groups in total. The molecule has 1 aromatic heterocycles. The van der Waals surface area contributed by atoms with E-state index in [0.717, 1.165) is 25.7 Å². The van der Waals surface area contributed by atoms with Gasteiger partial charge in [-0.1, -0.05) is 11.6 Å². The fourth-order valence-electron chi connectivity index (χ4n) is 4.89. The van der Waals surface area contributed by atoms with Crippen molar-refractivity contribution in [3.8, 4) is 0 Å². The molecule has 22 heavy (non-hydrogen) atoms. The van der Waals surface area contributed by atoms with Crippen LogP contribution in [0.1, 0.15) is 32.1 Å². The number of amides is 1. The van der Waals surface area contributed by atoms with E-state index in [1.807, 2.05) is 0 Å². The van der Waals surface area contributed by atoms with Crippen molar-refractivity contribution < 1.29 is 9.59 Å². The summed E-state index contributed by atoms with van der Waals surface area (Å²) in [6.45, 7) is 0.